The van der Waals surface area contributed by atoms with Crippen LogP contribution in [-0.2, 0) is 23.7 Å². The Labute approximate surface area is 99.8 Å². The average Bonchev–Trinajstić information content (AvgIpc) is 2.49. The quantitative estimate of drug-likeness (QED) is 0.665. The maximum Gasteiger partial charge on any atom is 0.303 e. The molecule has 0 aromatic rings. The number of aliphatic hydroxyl groups is 1. The molecule has 2 fully saturated rings. The molecule has 2 heterocycles. The van der Waals surface area contributed by atoms with Gasteiger partial charge in [0.15, 0.2) is 18.2 Å². The zero-order valence-electron chi connectivity index (χ0n) is 10.4. The van der Waals surface area contributed by atoms with Crippen LogP contribution in [0.15, 0.2) is 0 Å². The summed E-state index contributed by atoms with van der Waals surface area (Å²) in [5.41, 5.74) is 0. The fraction of sp³-hybridized carbons (Fsp3) is 0.909. The van der Waals surface area contributed by atoms with Gasteiger partial charge in [-0.15, -0.1) is 0 Å². The molecule has 1 N–H and O–H groups in total. The molecule has 2 aliphatic rings. The van der Waals surface area contributed by atoms with E-state index in [9.17, 15) is 9.90 Å². The van der Waals surface area contributed by atoms with Gasteiger partial charge >= 0.3 is 5.97 Å². The van der Waals surface area contributed by atoms with E-state index >= 15 is 0 Å². The molecule has 0 aromatic heterocycles. The predicted molar refractivity (Wildman–Crippen MR) is 55.9 cm³/mol. The third-order valence-electron chi connectivity index (χ3n) is 2.89. The molecule has 2 rings (SSSR count). The predicted octanol–water partition coefficient (Wildman–Crippen LogP) is 0.175. The Morgan fingerprint density at radius 2 is 1.88 bits per heavy atom. The number of ether oxygens (including phenoxy) is 4. The van der Waals surface area contributed by atoms with Gasteiger partial charge in [0.2, 0.25) is 0 Å². The highest BCUT2D eigenvalue weighted by Crippen LogP contribution is 2.37. The molecular weight excluding hydrogens is 228 g/mol. The highest BCUT2D eigenvalue weighted by molar-refractivity contribution is 5.66. The van der Waals surface area contributed by atoms with Crippen molar-refractivity contribution in [2.24, 2.45) is 0 Å². The van der Waals surface area contributed by atoms with Crippen molar-refractivity contribution in [3.05, 3.63) is 0 Å². The van der Waals surface area contributed by atoms with Crippen molar-refractivity contribution in [3.63, 3.8) is 0 Å². The van der Waals surface area contributed by atoms with Gasteiger partial charge in [0, 0.05) is 6.92 Å². The van der Waals surface area contributed by atoms with Crippen LogP contribution in [0.1, 0.15) is 27.7 Å². The van der Waals surface area contributed by atoms with Crippen LogP contribution in [0.25, 0.3) is 0 Å². The Bertz CT molecular complexity index is 315. The smallest absolute Gasteiger partial charge is 0.303 e. The molecular formula is C11H18O6. The molecule has 2 saturated heterocycles. The van der Waals surface area contributed by atoms with E-state index in [-0.39, 0.29) is 0 Å². The van der Waals surface area contributed by atoms with Crippen molar-refractivity contribution in [2.75, 3.05) is 0 Å². The van der Waals surface area contributed by atoms with E-state index in [0.29, 0.717) is 0 Å². The Balaban J connectivity index is 2.19. The maximum absolute atomic E-state index is 11.1. The Morgan fingerprint density at radius 3 is 2.47 bits per heavy atom. The highest BCUT2D eigenvalue weighted by Gasteiger charge is 2.55. The van der Waals surface area contributed by atoms with Crippen LogP contribution in [0.5, 0.6) is 0 Å². The third-order valence-corrected chi connectivity index (χ3v) is 2.89. The van der Waals surface area contributed by atoms with E-state index in [4.69, 9.17) is 18.9 Å². The standard InChI is InChI=1S/C11H18O6/c1-5-7(15-6(2)12)8-9(10(13)14-5)17-11(3,4)16-8/h5,7-10,13H,1-4H3/t5?,7-,8?,9?,10+/m0/s1. The summed E-state index contributed by atoms with van der Waals surface area (Å²) < 4.78 is 21.7. The van der Waals surface area contributed by atoms with Gasteiger partial charge in [0.05, 0.1) is 6.10 Å². The van der Waals surface area contributed by atoms with Gasteiger partial charge in [-0.25, -0.2) is 0 Å². The van der Waals surface area contributed by atoms with E-state index in [1.165, 1.54) is 6.92 Å². The number of fused-ring (bicyclic) bond motifs is 1. The average molecular weight is 246 g/mol. The summed E-state index contributed by atoms with van der Waals surface area (Å²) in [5.74, 6) is -1.23. The van der Waals surface area contributed by atoms with Crippen molar-refractivity contribution in [1.29, 1.82) is 0 Å². The first kappa shape index (κ1) is 12.8. The first-order valence-corrected chi connectivity index (χ1v) is 5.66. The molecule has 0 amide bonds. The summed E-state index contributed by atoms with van der Waals surface area (Å²) in [4.78, 5) is 11.1. The number of carbonyl (C=O) groups excluding carboxylic acids is 1. The largest absolute Gasteiger partial charge is 0.457 e. The van der Waals surface area contributed by atoms with Crippen LogP contribution in [-0.4, -0.2) is 47.6 Å². The number of rotatable bonds is 1. The van der Waals surface area contributed by atoms with Crippen LogP contribution < -0.4 is 0 Å². The molecule has 3 unspecified atom stereocenters. The van der Waals surface area contributed by atoms with Crippen LogP contribution in [0, 0.1) is 0 Å². The second-order valence-electron chi connectivity index (χ2n) is 4.87. The molecule has 6 nitrogen and oxygen atoms in total. The van der Waals surface area contributed by atoms with Gasteiger partial charge in [-0.3, -0.25) is 4.79 Å². The van der Waals surface area contributed by atoms with Crippen LogP contribution >= 0.6 is 0 Å². The first-order chi connectivity index (χ1) is 7.80. The van der Waals surface area contributed by atoms with Gasteiger partial charge in [-0.05, 0) is 20.8 Å². The number of aliphatic hydroxyl groups excluding tert-OH is 1. The van der Waals surface area contributed by atoms with Gasteiger partial charge in [0.1, 0.15) is 12.2 Å². The van der Waals surface area contributed by atoms with Crippen molar-refractivity contribution in [3.8, 4) is 0 Å². The molecule has 0 aliphatic carbocycles. The third kappa shape index (κ3) is 2.44. The highest BCUT2D eigenvalue weighted by atomic mass is 16.8. The Morgan fingerprint density at radius 1 is 1.29 bits per heavy atom. The topological polar surface area (TPSA) is 74.2 Å². The molecule has 0 saturated carbocycles. The fourth-order valence-electron chi connectivity index (χ4n) is 2.29. The maximum atomic E-state index is 11.1. The van der Waals surface area contributed by atoms with E-state index in [0.717, 1.165) is 0 Å². The van der Waals surface area contributed by atoms with E-state index in [2.05, 4.69) is 0 Å². The van der Waals surface area contributed by atoms with E-state index in [1.54, 1.807) is 20.8 Å². The molecule has 0 aromatic carbocycles. The lowest BCUT2D eigenvalue weighted by Gasteiger charge is -2.38. The molecule has 98 valence electrons. The van der Waals surface area contributed by atoms with Gasteiger partial charge in [-0.1, -0.05) is 0 Å². The second kappa shape index (κ2) is 4.20. The summed E-state index contributed by atoms with van der Waals surface area (Å²) >= 11 is 0. The van der Waals surface area contributed by atoms with Crippen LogP contribution in [0.3, 0.4) is 0 Å². The number of esters is 1. The summed E-state index contributed by atoms with van der Waals surface area (Å²) in [7, 11) is 0. The van der Waals surface area contributed by atoms with E-state index < -0.39 is 42.5 Å². The number of carbonyl (C=O) groups is 1. The first-order valence-electron chi connectivity index (χ1n) is 5.66. The second-order valence-corrected chi connectivity index (χ2v) is 4.87. The molecule has 6 heteroatoms. The minimum atomic E-state index is -1.07. The normalized spacial score (nSPS) is 44.2. The molecule has 0 spiro atoms. The summed E-state index contributed by atoms with van der Waals surface area (Å²) in [6, 6.07) is 0. The van der Waals surface area contributed by atoms with Crippen molar-refractivity contribution >= 4 is 5.97 Å². The number of hydrogen-bond donors (Lipinski definition) is 1. The van der Waals surface area contributed by atoms with Crippen LogP contribution in [0.4, 0.5) is 0 Å². The molecule has 0 radical (unpaired) electrons. The monoisotopic (exact) mass is 246 g/mol. The summed E-state index contributed by atoms with van der Waals surface area (Å²) in [6.07, 6.45) is -3.21. The van der Waals surface area contributed by atoms with Crippen LogP contribution in [0.2, 0.25) is 0 Å². The lowest BCUT2D eigenvalue weighted by Crippen LogP contribution is -2.56. The summed E-state index contributed by atoms with van der Waals surface area (Å²) in [6.45, 7) is 6.54. The van der Waals surface area contributed by atoms with Gasteiger partial charge < -0.3 is 24.1 Å². The lowest BCUT2D eigenvalue weighted by atomic mass is 10.00. The number of hydrogen-bond acceptors (Lipinski definition) is 6. The molecule has 5 atom stereocenters. The zero-order chi connectivity index (χ0) is 12.8. The fourth-order valence-corrected chi connectivity index (χ4v) is 2.29. The van der Waals surface area contributed by atoms with Crippen molar-refractivity contribution in [1.82, 2.24) is 0 Å². The molecule has 0 bridgehead atoms. The minimum Gasteiger partial charge on any atom is -0.457 e. The van der Waals surface area contributed by atoms with Crippen molar-refractivity contribution < 1.29 is 28.8 Å². The van der Waals surface area contributed by atoms with E-state index in [1.807, 2.05) is 0 Å². The minimum absolute atomic E-state index is 0.408. The SMILES string of the molecule is CC(=O)O[C@H]1C(C)O[C@@H](O)C2OC(C)(C)OC21. The van der Waals surface area contributed by atoms with Gasteiger partial charge in [-0.2, -0.15) is 0 Å². The molecule has 2 aliphatic heterocycles. The zero-order valence-corrected chi connectivity index (χ0v) is 10.4. The van der Waals surface area contributed by atoms with Crippen molar-refractivity contribution in [2.45, 2.75) is 64.2 Å². The Hall–Kier alpha value is -0.690. The van der Waals surface area contributed by atoms with Gasteiger partial charge in [0.25, 0.3) is 0 Å². The summed E-state index contributed by atoms with van der Waals surface area (Å²) in [5, 5.41) is 9.77. The molecule has 17 heavy (non-hydrogen) atoms. The Kier molecular flexibility index (Phi) is 3.15. The lowest BCUT2D eigenvalue weighted by molar-refractivity contribution is -0.257.